The maximum absolute atomic E-state index is 11.8. The van der Waals surface area contributed by atoms with Crippen LogP contribution in [0, 0.1) is 0 Å². The lowest BCUT2D eigenvalue weighted by atomic mass is 10.1. The van der Waals surface area contributed by atoms with E-state index in [1.165, 1.54) is 11.8 Å². The number of nitrogen functional groups attached to an aromatic ring is 1. The SMILES string of the molecule is Nc1ccc(Cl)c(SCC(=O)NC2CCOCC2)c1. The molecular formula is C13H17ClN2O2S. The molecule has 0 spiro atoms. The summed E-state index contributed by atoms with van der Waals surface area (Å²) in [6, 6.07) is 5.51. The number of anilines is 1. The van der Waals surface area contributed by atoms with Crippen LogP contribution >= 0.6 is 23.4 Å². The first kappa shape index (κ1) is 14.5. The van der Waals surface area contributed by atoms with Gasteiger partial charge in [-0.05, 0) is 31.0 Å². The molecule has 1 fully saturated rings. The van der Waals surface area contributed by atoms with Gasteiger partial charge in [0.2, 0.25) is 5.91 Å². The lowest BCUT2D eigenvalue weighted by molar-refractivity contribution is -0.119. The molecule has 4 nitrogen and oxygen atoms in total. The Balaban J connectivity index is 1.81. The minimum Gasteiger partial charge on any atom is -0.399 e. The number of nitrogens with two attached hydrogens (primary N) is 1. The van der Waals surface area contributed by atoms with Gasteiger partial charge in [-0.3, -0.25) is 4.79 Å². The van der Waals surface area contributed by atoms with Crippen molar-refractivity contribution in [1.29, 1.82) is 0 Å². The Hall–Kier alpha value is -0.910. The molecule has 0 bridgehead atoms. The van der Waals surface area contributed by atoms with E-state index in [4.69, 9.17) is 22.1 Å². The van der Waals surface area contributed by atoms with E-state index in [-0.39, 0.29) is 11.9 Å². The summed E-state index contributed by atoms with van der Waals surface area (Å²) in [6.07, 6.45) is 1.77. The van der Waals surface area contributed by atoms with Gasteiger partial charge in [-0.1, -0.05) is 11.6 Å². The number of nitrogens with one attached hydrogen (secondary N) is 1. The number of halogens is 1. The predicted molar refractivity (Wildman–Crippen MR) is 78.6 cm³/mol. The van der Waals surface area contributed by atoms with Crippen molar-refractivity contribution in [3.8, 4) is 0 Å². The quantitative estimate of drug-likeness (QED) is 0.661. The molecule has 1 heterocycles. The summed E-state index contributed by atoms with van der Waals surface area (Å²) in [5, 5.41) is 3.63. The van der Waals surface area contributed by atoms with Crippen LogP contribution in [0.25, 0.3) is 0 Å². The van der Waals surface area contributed by atoms with Crippen LogP contribution in [-0.2, 0) is 9.53 Å². The average Bonchev–Trinajstić information content (AvgIpc) is 2.41. The Labute approximate surface area is 122 Å². The largest absolute Gasteiger partial charge is 0.399 e. The molecule has 104 valence electrons. The van der Waals surface area contributed by atoms with E-state index in [1.54, 1.807) is 18.2 Å². The Morgan fingerprint density at radius 2 is 2.21 bits per heavy atom. The lowest BCUT2D eigenvalue weighted by Gasteiger charge is -2.23. The molecule has 0 aliphatic carbocycles. The number of amides is 1. The van der Waals surface area contributed by atoms with Gasteiger partial charge in [0.15, 0.2) is 0 Å². The summed E-state index contributed by atoms with van der Waals surface area (Å²) in [4.78, 5) is 12.7. The van der Waals surface area contributed by atoms with Gasteiger partial charge >= 0.3 is 0 Å². The summed E-state index contributed by atoms with van der Waals surface area (Å²) in [5.74, 6) is 0.371. The van der Waals surface area contributed by atoms with Gasteiger partial charge in [-0.15, -0.1) is 11.8 Å². The maximum atomic E-state index is 11.8. The number of carbonyl (C=O) groups excluding carboxylic acids is 1. The number of rotatable bonds is 4. The van der Waals surface area contributed by atoms with Gasteiger partial charge in [0.1, 0.15) is 0 Å². The molecular weight excluding hydrogens is 284 g/mol. The van der Waals surface area contributed by atoms with Crippen molar-refractivity contribution in [3.05, 3.63) is 23.2 Å². The number of hydrogen-bond acceptors (Lipinski definition) is 4. The van der Waals surface area contributed by atoms with Crippen LogP contribution in [0.1, 0.15) is 12.8 Å². The molecule has 3 N–H and O–H groups in total. The molecule has 1 aromatic carbocycles. The first-order valence-corrected chi connectivity index (χ1v) is 7.56. The third-order valence-electron chi connectivity index (χ3n) is 2.90. The molecule has 1 saturated heterocycles. The topological polar surface area (TPSA) is 64.4 Å². The molecule has 0 atom stereocenters. The van der Waals surface area contributed by atoms with Crippen LogP contribution in [0.5, 0.6) is 0 Å². The number of thioether (sulfide) groups is 1. The van der Waals surface area contributed by atoms with E-state index < -0.39 is 0 Å². The maximum Gasteiger partial charge on any atom is 0.230 e. The standard InChI is InChI=1S/C13H17ClN2O2S/c14-11-2-1-9(15)7-12(11)19-8-13(17)16-10-3-5-18-6-4-10/h1-2,7,10H,3-6,8,15H2,(H,16,17). The highest BCUT2D eigenvalue weighted by molar-refractivity contribution is 8.00. The van der Waals surface area contributed by atoms with Crippen LogP contribution in [0.15, 0.2) is 23.1 Å². The molecule has 1 aromatic rings. The third-order valence-corrected chi connectivity index (χ3v) is 4.40. The zero-order valence-electron chi connectivity index (χ0n) is 10.5. The lowest BCUT2D eigenvalue weighted by Crippen LogP contribution is -2.39. The van der Waals surface area contributed by atoms with Gasteiger partial charge < -0.3 is 15.8 Å². The second-order valence-electron chi connectivity index (χ2n) is 4.43. The predicted octanol–water partition coefficient (Wildman–Crippen LogP) is 2.31. The highest BCUT2D eigenvalue weighted by Crippen LogP contribution is 2.28. The van der Waals surface area contributed by atoms with Crippen molar-refractivity contribution >= 4 is 35.0 Å². The van der Waals surface area contributed by atoms with Crippen LogP contribution in [0.4, 0.5) is 5.69 Å². The van der Waals surface area contributed by atoms with E-state index in [9.17, 15) is 4.79 Å². The molecule has 0 radical (unpaired) electrons. The summed E-state index contributed by atoms with van der Waals surface area (Å²) in [6.45, 7) is 1.44. The van der Waals surface area contributed by atoms with Gasteiger partial charge in [0, 0.05) is 29.8 Å². The zero-order valence-corrected chi connectivity index (χ0v) is 12.1. The van der Waals surface area contributed by atoms with Gasteiger partial charge in [-0.25, -0.2) is 0 Å². The van der Waals surface area contributed by atoms with Gasteiger partial charge in [0.25, 0.3) is 0 Å². The van der Waals surface area contributed by atoms with E-state index in [1.807, 2.05) is 0 Å². The van der Waals surface area contributed by atoms with Crippen LogP contribution in [-0.4, -0.2) is 30.9 Å². The molecule has 1 aliphatic rings. The van der Waals surface area contributed by atoms with Crippen molar-refractivity contribution in [2.45, 2.75) is 23.8 Å². The number of benzene rings is 1. The fraction of sp³-hybridized carbons (Fsp3) is 0.462. The molecule has 1 amide bonds. The second kappa shape index (κ2) is 7.03. The first-order chi connectivity index (χ1) is 9.15. The van der Waals surface area contributed by atoms with Crippen molar-refractivity contribution < 1.29 is 9.53 Å². The number of carbonyl (C=O) groups is 1. The fourth-order valence-electron chi connectivity index (χ4n) is 1.89. The van der Waals surface area contributed by atoms with Crippen LogP contribution in [0.3, 0.4) is 0 Å². The Morgan fingerprint density at radius 1 is 1.47 bits per heavy atom. The molecule has 0 saturated carbocycles. The highest BCUT2D eigenvalue weighted by Gasteiger charge is 2.16. The van der Waals surface area contributed by atoms with Gasteiger partial charge in [0.05, 0.1) is 10.8 Å². The van der Waals surface area contributed by atoms with E-state index in [2.05, 4.69) is 5.32 Å². The van der Waals surface area contributed by atoms with Crippen LogP contribution < -0.4 is 11.1 Å². The Morgan fingerprint density at radius 3 is 2.95 bits per heavy atom. The summed E-state index contributed by atoms with van der Waals surface area (Å²) >= 11 is 7.45. The second-order valence-corrected chi connectivity index (χ2v) is 5.86. The first-order valence-electron chi connectivity index (χ1n) is 6.20. The average molecular weight is 301 g/mol. The van der Waals surface area contributed by atoms with Crippen molar-refractivity contribution in [2.75, 3.05) is 24.7 Å². The molecule has 0 aromatic heterocycles. The van der Waals surface area contributed by atoms with Gasteiger partial charge in [-0.2, -0.15) is 0 Å². The fourth-order valence-corrected chi connectivity index (χ4v) is 2.96. The molecule has 6 heteroatoms. The smallest absolute Gasteiger partial charge is 0.230 e. The Bertz CT molecular complexity index is 450. The minimum absolute atomic E-state index is 0.0235. The van der Waals surface area contributed by atoms with E-state index in [0.29, 0.717) is 16.5 Å². The van der Waals surface area contributed by atoms with Crippen molar-refractivity contribution in [3.63, 3.8) is 0 Å². The van der Waals surface area contributed by atoms with Crippen molar-refractivity contribution in [2.24, 2.45) is 0 Å². The summed E-state index contributed by atoms with van der Waals surface area (Å²) in [7, 11) is 0. The Kier molecular flexibility index (Phi) is 5.36. The summed E-state index contributed by atoms with van der Waals surface area (Å²) in [5.41, 5.74) is 6.35. The molecule has 2 rings (SSSR count). The normalized spacial score (nSPS) is 16.3. The monoisotopic (exact) mass is 300 g/mol. The van der Waals surface area contributed by atoms with E-state index >= 15 is 0 Å². The third kappa shape index (κ3) is 4.60. The molecule has 0 unspecified atom stereocenters. The minimum atomic E-state index is 0.0235. The number of ether oxygens (including phenoxy) is 1. The molecule has 19 heavy (non-hydrogen) atoms. The zero-order chi connectivity index (χ0) is 13.7. The van der Waals surface area contributed by atoms with Crippen molar-refractivity contribution in [1.82, 2.24) is 5.32 Å². The van der Waals surface area contributed by atoms with E-state index in [0.717, 1.165) is 31.0 Å². The molecule has 1 aliphatic heterocycles. The van der Waals surface area contributed by atoms with Crippen LogP contribution in [0.2, 0.25) is 5.02 Å². The summed E-state index contributed by atoms with van der Waals surface area (Å²) < 4.78 is 5.25. The highest BCUT2D eigenvalue weighted by atomic mass is 35.5. The number of hydrogen-bond donors (Lipinski definition) is 2.